The van der Waals surface area contributed by atoms with E-state index in [-0.39, 0.29) is 16.1 Å². The fourth-order valence-corrected chi connectivity index (χ4v) is 5.76. The summed E-state index contributed by atoms with van der Waals surface area (Å²) in [5, 5.41) is 3.24. The van der Waals surface area contributed by atoms with Crippen LogP contribution >= 0.6 is 11.8 Å². The van der Waals surface area contributed by atoms with E-state index in [2.05, 4.69) is 15.2 Å². The van der Waals surface area contributed by atoms with Gasteiger partial charge in [0.05, 0.1) is 10.3 Å². The third-order valence-electron chi connectivity index (χ3n) is 5.40. The minimum atomic E-state index is -3.55. The lowest BCUT2D eigenvalue weighted by Gasteiger charge is -2.31. The molecule has 1 fully saturated rings. The van der Waals surface area contributed by atoms with Gasteiger partial charge in [-0.1, -0.05) is 29.5 Å². The summed E-state index contributed by atoms with van der Waals surface area (Å²) in [5.74, 6) is -0.115. The molecule has 9 heteroatoms. The summed E-state index contributed by atoms with van der Waals surface area (Å²) < 4.78 is 27.1. The summed E-state index contributed by atoms with van der Waals surface area (Å²) in [5.41, 5.74) is 4.05. The molecule has 2 heterocycles. The SMILES string of the molecule is Cc1cc(C)c(NC(=O)C(C)Sc2ccc(S(=O)(=O)N3CCN(C)CC3)cn2)c(C)c1. The maximum absolute atomic E-state index is 12.8. The van der Waals surface area contributed by atoms with Gasteiger partial charge in [0.2, 0.25) is 15.9 Å². The van der Waals surface area contributed by atoms with E-state index < -0.39 is 10.0 Å². The van der Waals surface area contributed by atoms with Crippen LogP contribution in [-0.4, -0.2) is 67.0 Å². The molecule has 1 aliphatic rings. The van der Waals surface area contributed by atoms with Crippen LogP contribution in [0.3, 0.4) is 0 Å². The Morgan fingerprint density at radius 3 is 2.26 bits per heavy atom. The Bertz CT molecular complexity index is 1020. The number of hydrogen-bond acceptors (Lipinski definition) is 6. The average Bonchev–Trinajstić information content (AvgIpc) is 2.71. The van der Waals surface area contributed by atoms with Crippen molar-refractivity contribution in [2.45, 2.75) is 42.9 Å². The molecule has 3 rings (SSSR count). The second kappa shape index (κ2) is 9.68. The van der Waals surface area contributed by atoms with Crippen LogP contribution in [0.2, 0.25) is 0 Å². The number of carbonyl (C=O) groups excluding carboxylic acids is 1. The van der Waals surface area contributed by atoms with Gasteiger partial charge in [0.15, 0.2) is 0 Å². The van der Waals surface area contributed by atoms with E-state index in [1.165, 1.54) is 22.3 Å². The summed E-state index contributed by atoms with van der Waals surface area (Å²) in [4.78, 5) is 19.3. The highest BCUT2D eigenvalue weighted by Gasteiger charge is 2.28. The number of benzene rings is 1. The van der Waals surface area contributed by atoms with Crippen LogP contribution in [0.25, 0.3) is 0 Å². The smallest absolute Gasteiger partial charge is 0.244 e. The summed E-state index contributed by atoms with van der Waals surface area (Å²) >= 11 is 1.30. The van der Waals surface area contributed by atoms with Crippen LogP contribution in [-0.2, 0) is 14.8 Å². The highest BCUT2D eigenvalue weighted by Crippen LogP contribution is 2.27. The number of nitrogens with zero attached hydrogens (tertiary/aromatic N) is 3. The number of rotatable bonds is 6. The van der Waals surface area contributed by atoms with E-state index in [9.17, 15) is 13.2 Å². The number of sulfonamides is 1. The van der Waals surface area contributed by atoms with Crippen molar-refractivity contribution >= 4 is 33.4 Å². The summed E-state index contributed by atoms with van der Waals surface area (Å²) in [6, 6.07) is 7.32. The van der Waals surface area contributed by atoms with Gasteiger partial charge in [0.1, 0.15) is 4.90 Å². The topological polar surface area (TPSA) is 82.6 Å². The maximum atomic E-state index is 12.8. The van der Waals surface area contributed by atoms with Gasteiger partial charge < -0.3 is 10.2 Å². The van der Waals surface area contributed by atoms with Gasteiger partial charge in [0, 0.05) is 38.1 Å². The predicted molar refractivity (Wildman–Crippen MR) is 125 cm³/mol. The van der Waals surface area contributed by atoms with Crippen molar-refractivity contribution in [1.82, 2.24) is 14.2 Å². The largest absolute Gasteiger partial charge is 0.325 e. The number of pyridine rings is 1. The maximum Gasteiger partial charge on any atom is 0.244 e. The molecule has 1 aliphatic heterocycles. The second-order valence-electron chi connectivity index (χ2n) is 8.06. The number of hydrogen-bond donors (Lipinski definition) is 1. The Balaban J connectivity index is 1.65. The normalized spacial score (nSPS) is 16.8. The number of likely N-dealkylation sites (N-methyl/N-ethyl adjacent to an activating group) is 1. The highest BCUT2D eigenvalue weighted by molar-refractivity contribution is 8.00. The van der Waals surface area contributed by atoms with Crippen molar-refractivity contribution < 1.29 is 13.2 Å². The van der Waals surface area contributed by atoms with Crippen molar-refractivity contribution in [3.05, 3.63) is 47.2 Å². The summed E-state index contributed by atoms with van der Waals surface area (Å²) in [7, 11) is -1.56. The highest BCUT2D eigenvalue weighted by atomic mass is 32.2. The lowest BCUT2D eigenvalue weighted by molar-refractivity contribution is -0.115. The Morgan fingerprint density at radius 1 is 1.10 bits per heavy atom. The minimum absolute atomic E-state index is 0.115. The van der Waals surface area contributed by atoms with Gasteiger partial charge >= 0.3 is 0 Å². The van der Waals surface area contributed by atoms with Crippen LogP contribution in [0.1, 0.15) is 23.6 Å². The standard InChI is InChI=1S/C22H30N4O3S2/c1-15-12-16(2)21(17(3)13-15)24-22(27)18(4)30-20-7-6-19(14-23-20)31(28,29)26-10-8-25(5)9-11-26/h6-7,12-14,18H,8-11H2,1-5H3,(H,24,27). The van der Waals surface area contributed by atoms with E-state index >= 15 is 0 Å². The van der Waals surface area contributed by atoms with Crippen molar-refractivity contribution in [3.8, 4) is 0 Å². The van der Waals surface area contributed by atoms with Crippen LogP contribution < -0.4 is 5.32 Å². The third-order valence-corrected chi connectivity index (χ3v) is 8.33. The molecule has 1 aromatic heterocycles. The quantitative estimate of drug-likeness (QED) is 0.665. The molecule has 0 bridgehead atoms. The lowest BCUT2D eigenvalue weighted by atomic mass is 10.1. The van der Waals surface area contributed by atoms with Gasteiger partial charge in [-0.05, 0) is 58.0 Å². The molecule has 1 aromatic carbocycles. The lowest BCUT2D eigenvalue weighted by Crippen LogP contribution is -2.47. The van der Waals surface area contributed by atoms with Crippen LogP contribution in [0.4, 0.5) is 5.69 Å². The molecule has 0 saturated carbocycles. The number of carbonyl (C=O) groups is 1. The van der Waals surface area contributed by atoms with Crippen LogP contribution in [0.15, 0.2) is 40.4 Å². The zero-order valence-electron chi connectivity index (χ0n) is 18.7. The number of amides is 1. The molecule has 0 aliphatic carbocycles. The molecular weight excluding hydrogens is 432 g/mol. The molecule has 31 heavy (non-hydrogen) atoms. The average molecular weight is 463 g/mol. The molecule has 7 nitrogen and oxygen atoms in total. The van der Waals surface area contributed by atoms with Gasteiger partial charge in [-0.2, -0.15) is 4.31 Å². The van der Waals surface area contributed by atoms with Crippen molar-refractivity contribution in [1.29, 1.82) is 0 Å². The number of aromatic nitrogens is 1. The fraction of sp³-hybridized carbons (Fsp3) is 0.455. The number of thioether (sulfide) groups is 1. The van der Waals surface area contributed by atoms with Crippen LogP contribution in [0.5, 0.6) is 0 Å². The van der Waals surface area contributed by atoms with Crippen molar-refractivity contribution in [2.24, 2.45) is 0 Å². The first-order valence-electron chi connectivity index (χ1n) is 10.3. The Morgan fingerprint density at radius 2 is 1.71 bits per heavy atom. The molecule has 168 valence electrons. The predicted octanol–water partition coefficient (Wildman–Crippen LogP) is 3.06. The third kappa shape index (κ3) is 5.65. The first-order chi connectivity index (χ1) is 14.6. The molecule has 1 atom stereocenters. The number of anilines is 1. The Hall–Kier alpha value is -1.94. The van der Waals surface area contributed by atoms with Gasteiger partial charge in [-0.3, -0.25) is 4.79 Å². The van der Waals surface area contributed by atoms with Crippen molar-refractivity contribution in [2.75, 3.05) is 38.5 Å². The first-order valence-corrected chi connectivity index (χ1v) is 12.6. The van der Waals surface area contributed by atoms with E-state index in [0.717, 1.165) is 22.4 Å². The van der Waals surface area contributed by atoms with E-state index in [1.807, 2.05) is 46.9 Å². The number of aryl methyl sites for hydroxylation is 3. The summed E-state index contributed by atoms with van der Waals surface area (Å²) in [6.45, 7) is 10.2. The van der Waals surface area contributed by atoms with E-state index in [0.29, 0.717) is 31.2 Å². The zero-order valence-corrected chi connectivity index (χ0v) is 20.3. The van der Waals surface area contributed by atoms with Gasteiger partial charge in [-0.15, -0.1) is 0 Å². The van der Waals surface area contributed by atoms with Crippen molar-refractivity contribution in [3.63, 3.8) is 0 Å². The molecule has 1 saturated heterocycles. The zero-order chi connectivity index (χ0) is 22.8. The fourth-order valence-electron chi connectivity index (χ4n) is 3.60. The monoisotopic (exact) mass is 462 g/mol. The number of nitrogens with one attached hydrogen (secondary N) is 1. The van der Waals surface area contributed by atoms with E-state index in [4.69, 9.17) is 0 Å². The molecule has 1 N–H and O–H groups in total. The molecular formula is C22H30N4O3S2. The Labute approximate surface area is 189 Å². The Kier molecular flexibility index (Phi) is 7.41. The molecule has 0 radical (unpaired) electrons. The molecule has 2 aromatic rings. The number of piperazine rings is 1. The second-order valence-corrected chi connectivity index (χ2v) is 11.4. The minimum Gasteiger partial charge on any atom is -0.325 e. The molecule has 1 unspecified atom stereocenters. The van der Waals surface area contributed by atoms with E-state index in [1.54, 1.807) is 12.1 Å². The van der Waals surface area contributed by atoms with Gasteiger partial charge in [-0.25, -0.2) is 13.4 Å². The summed E-state index contributed by atoms with van der Waals surface area (Å²) in [6.07, 6.45) is 1.38. The first kappa shape index (κ1) is 23.7. The van der Waals surface area contributed by atoms with Crippen LogP contribution in [0, 0.1) is 20.8 Å². The molecule has 1 amide bonds. The van der Waals surface area contributed by atoms with Gasteiger partial charge in [0.25, 0.3) is 0 Å². The molecule has 0 spiro atoms.